The molecule has 0 atom stereocenters. The molecule has 0 amide bonds. The maximum absolute atomic E-state index is 12.1. The molecule has 0 aliphatic heterocycles. The normalized spacial score (nSPS) is 11.5. The average Bonchev–Trinajstić information content (AvgIpc) is 2.86. The number of carboxylic acids is 1. The third-order valence-electron chi connectivity index (χ3n) is 2.22. The van der Waals surface area contributed by atoms with Gasteiger partial charge in [0, 0.05) is 19.2 Å². The highest BCUT2D eigenvalue weighted by molar-refractivity contribution is 9.10. The molecule has 8 nitrogen and oxygen atoms in total. The van der Waals surface area contributed by atoms with Crippen molar-refractivity contribution in [3.63, 3.8) is 0 Å². The first kappa shape index (κ1) is 13.6. The molecule has 0 spiro atoms. The summed E-state index contributed by atoms with van der Waals surface area (Å²) in [4.78, 5) is 10.4. The molecule has 2 rings (SSSR count). The van der Waals surface area contributed by atoms with Crippen LogP contribution >= 0.6 is 15.9 Å². The van der Waals surface area contributed by atoms with Crippen molar-refractivity contribution in [2.45, 2.75) is 4.90 Å². The van der Waals surface area contributed by atoms with Crippen LogP contribution in [-0.4, -0.2) is 29.3 Å². The molecule has 0 radical (unpaired) electrons. The van der Waals surface area contributed by atoms with Crippen LogP contribution in [0.1, 0.15) is 10.6 Å². The molecule has 0 aliphatic carbocycles. The summed E-state index contributed by atoms with van der Waals surface area (Å²) in [5.74, 6) is -1.59. The molecule has 0 aromatic carbocycles. The Morgan fingerprint density at radius 2 is 2.26 bits per heavy atom. The monoisotopic (exact) mass is 349 g/mol. The SMILES string of the molecule is Cn1nccc1NS(=O)(=O)c1cc(C(=O)O)oc1Br. The summed E-state index contributed by atoms with van der Waals surface area (Å²) in [6.45, 7) is 0. The van der Waals surface area contributed by atoms with Crippen LogP contribution < -0.4 is 4.72 Å². The summed E-state index contributed by atoms with van der Waals surface area (Å²) in [5.41, 5.74) is 0. The smallest absolute Gasteiger partial charge is 0.371 e. The number of hydrogen-bond donors (Lipinski definition) is 2. The van der Waals surface area contributed by atoms with E-state index in [-0.39, 0.29) is 15.4 Å². The van der Waals surface area contributed by atoms with E-state index in [0.29, 0.717) is 0 Å². The molecule has 0 fully saturated rings. The Morgan fingerprint density at radius 1 is 1.58 bits per heavy atom. The molecule has 102 valence electrons. The Bertz CT molecular complexity index is 733. The highest BCUT2D eigenvalue weighted by Crippen LogP contribution is 2.27. The molecule has 2 aromatic rings. The van der Waals surface area contributed by atoms with Crippen LogP contribution in [-0.2, 0) is 17.1 Å². The molecule has 10 heteroatoms. The van der Waals surface area contributed by atoms with Gasteiger partial charge in [-0.15, -0.1) is 0 Å². The van der Waals surface area contributed by atoms with Crippen LogP contribution in [0, 0.1) is 0 Å². The van der Waals surface area contributed by atoms with E-state index in [0.717, 1.165) is 6.07 Å². The Hall–Kier alpha value is -1.81. The second-order valence-electron chi connectivity index (χ2n) is 3.50. The summed E-state index contributed by atoms with van der Waals surface area (Å²) in [6.07, 6.45) is 1.42. The molecular formula is C9H8BrN3O5S. The molecule has 0 aliphatic rings. The largest absolute Gasteiger partial charge is 0.475 e. The van der Waals surface area contributed by atoms with Gasteiger partial charge >= 0.3 is 5.97 Å². The van der Waals surface area contributed by atoms with Crippen LogP contribution in [0.2, 0.25) is 0 Å². The zero-order valence-electron chi connectivity index (χ0n) is 9.49. The molecule has 0 saturated carbocycles. The van der Waals surface area contributed by atoms with E-state index >= 15 is 0 Å². The Kier molecular flexibility index (Phi) is 3.37. The zero-order valence-corrected chi connectivity index (χ0v) is 11.9. The summed E-state index contributed by atoms with van der Waals surface area (Å²) in [6, 6.07) is 2.38. The van der Waals surface area contributed by atoms with Gasteiger partial charge in [-0.05, 0) is 15.9 Å². The lowest BCUT2D eigenvalue weighted by molar-refractivity contribution is 0.0661. The first-order valence-corrected chi connectivity index (χ1v) is 7.12. The van der Waals surface area contributed by atoms with Crippen molar-refractivity contribution in [3.05, 3.63) is 28.8 Å². The van der Waals surface area contributed by atoms with Crippen LogP contribution in [0.5, 0.6) is 0 Å². The number of rotatable bonds is 4. The molecule has 2 heterocycles. The van der Waals surface area contributed by atoms with Crippen molar-refractivity contribution in [1.29, 1.82) is 0 Å². The van der Waals surface area contributed by atoms with Gasteiger partial charge in [0.1, 0.15) is 10.7 Å². The third kappa shape index (κ3) is 2.63. The molecule has 0 bridgehead atoms. The van der Waals surface area contributed by atoms with Gasteiger partial charge in [0.05, 0.1) is 6.20 Å². The lowest BCUT2D eigenvalue weighted by Crippen LogP contribution is -2.15. The lowest BCUT2D eigenvalue weighted by atomic mass is 10.5. The molecule has 19 heavy (non-hydrogen) atoms. The predicted molar refractivity (Wildman–Crippen MR) is 67.4 cm³/mol. The fraction of sp³-hybridized carbons (Fsp3) is 0.111. The van der Waals surface area contributed by atoms with E-state index in [9.17, 15) is 13.2 Å². The Morgan fingerprint density at radius 3 is 2.74 bits per heavy atom. The van der Waals surface area contributed by atoms with E-state index in [2.05, 4.69) is 25.8 Å². The number of carboxylic acid groups (broad SMARTS) is 1. The lowest BCUT2D eigenvalue weighted by Gasteiger charge is -2.05. The first-order valence-electron chi connectivity index (χ1n) is 4.84. The second kappa shape index (κ2) is 4.70. The predicted octanol–water partition coefficient (Wildman–Crippen LogP) is 1.27. The minimum Gasteiger partial charge on any atom is -0.475 e. The van der Waals surface area contributed by atoms with E-state index in [1.165, 1.54) is 16.9 Å². The first-order chi connectivity index (χ1) is 8.81. The molecule has 0 unspecified atom stereocenters. The van der Waals surface area contributed by atoms with Gasteiger partial charge in [-0.2, -0.15) is 5.10 Å². The van der Waals surface area contributed by atoms with Gasteiger partial charge < -0.3 is 9.52 Å². The maximum atomic E-state index is 12.1. The minimum absolute atomic E-state index is 0.181. The van der Waals surface area contributed by atoms with Gasteiger partial charge in [-0.3, -0.25) is 9.40 Å². The standard InChI is InChI=1S/C9H8BrN3O5S/c1-13-7(2-3-11-13)12-19(16,17)6-4-5(9(14)15)18-8(6)10/h2-4,12H,1H3,(H,14,15). The Labute approximate surface area is 116 Å². The average molecular weight is 350 g/mol. The number of aromatic nitrogens is 2. The molecule has 0 saturated heterocycles. The van der Waals surface area contributed by atoms with Crippen molar-refractivity contribution < 1.29 is 22.7 Å². The van der Waals surface area contributed by atoms with Crippen LogP contribution in [0.15, 0.2) is 32.3 Å². The van der Waals surface area contributed by atoms with Crippen molar-refractivity contribution >= 4 is 37.7 Å². The summed E-state index contributed by atoms with van der Waals surface area (Å²) in [5, 5.41) is 12.6. The van der Waals surface area contributed by atoms with E-state index in [1.54, 1.807) is 7.05 Å². The number of carbonyl (C=O) groups is 1. The van der Waals surface area contributed by atoms with Crippen LogP contribution in [0.25, 0.3) is 0 Å². The third-order valence-corrected chi connectivity index (χ3v) is 4.43. The van der Waals surface area contributed by atoms with Crippen molar-refractivity contribution in [1.82, 2.24) is 9.78 Å². The van der Waals surface area contributed by atoms with E-state index < -0.39 is 21.8 Å². The number of aromatic carboxylic acids is 1. The van der Waals surface area contributed by atoms with Crippen molar-refractivity contribution in [3.8, 4) is 0 Å². The summed E-state index contributed by atoms with van der Waals surface area (Å²) < 4.78 is 32.3. The quantitative estimate of drug-likeness (QED) is 0.858. The minimum atomic E-state index is -3.96. The van der Waals surface area contributed by atoms with Gasteiger partial charge in [0.15, 0.2) is 4.67 Å². The topological polar surface area (TPSA) is 114 Å². The number of nitrogens with zero attached hydrogens (tertiary/aromatic N) is 2. The zero-order chi connectivity index (χ0) is 14.2. The van der Waals surface area contributed by atoms with Crippen molar-refractivity contribution in [2.24, 2.45) is 7.05 Å². The van der Waals surface area contributed by atoms with Gasteiger partial charge in [-0.25, -0.2) is 13.2 Å². The maximum Gasteiger partial charge on any atom is 0.371 e. The number of furan rings is 1. The van der Waals surface area contributed by atoms with Gasteiger partial charge in [0.25, 0.3) is 10.0 Å². The number of nitrogens with one attached hydrogen (secondary N) is 1. The molecular weight excluding hydrogens is 342 g/mol. The highest BCUT2D eigenvalue weighted by atomic mass is 79.9. The number of anilines is 1. The van der Waals surface area contributed by atoms with E-state index in [4.69, 9.17) is 9.52 Å². The summed E-state index contributed by atoms with van der Waals surface area (Å²) >= 11 is 2.87. The Balaban J connectivity index is 2.40. The molecule has 2 N–H and O–H groups in total. The van der Waals surface area contributed by atoms with Crippen LogP contribution in [0.4, 0.5) is 5.82 Å². The summed E-state index contributed by atoms with van der Waals surface area (Å²) in [7, 11) is -2.40. The number of halogens is 1. The second-order valence-corrected chi connectivity index (χ2v) is 5.87. The molecule has 2 aromatic heterocycles. The van der Waals surface area contributed by atoms with Crippen LogP contribution in [0.3, 0.4) is 0 Å². The fourth-order valence-electron chi connectivity index (χ4n) is 1.31. The number of aryl methyl sites for hydroxylation is 1. The van der Waals surface area contributed by atoms with Gasteiger partial charge in [-0.1, -0.05) is 0 Å². The van der Waals surface area contributed by atoms with Crippen molar-refractivity contribution in [2.75, 3.05) is 4.72 Å². The highest BCUT2D eigenvalue weighted by Gasteiger charge is 2.25. The number of hydrogen-bond acceptors (Lipinski definition) is 5. The number of sulfonamides is 1. The van der Waals surface area contributed by atoms with Gasteiger partial charge in [0.2, 0.25) is 5.76 Å². The fourth-order valence-corrected chi connectivity index (χ4v) is 3.34. The van der Waals surface area contributed by atoms with E-state index in [1.807, 2.05) is 0 Å².